The van der Waals surface area contributed by atoms with Crippen molar-refractivity contribution in [3.63, 3.8) is 0 Å². The molecule has 1 aliphatic carbocycles. The Hall–Kier alpha value is -1.78. The average molecular weight is 414 g/mol. The summed E-state index contributed by atoms with van der Waals surface area (Å²) in [7, 11) is -2.58. The summed E-state index contributed by atoms with van der Waals surface area (Å²) in [5, 5.41) is 6.37. The van der Waals surface area contributed by atoms with Crippen LogP contribution in [0.5, 0.6) is 5.75 Å². The lowest BCUT2D eigenvalue weighted by Gasteiger charge is -2.40. The Kier molecular flexibility index (Phi) is 5.42. The number of carbonyl (C=O) groups is 2. The number of hydrazine groups is 1. The van der Waals surface area contributed by atoms with E-state index in [0.717, 1.165) is 32.1 Å². The van der Waals surface area contributed by atoms with Gasteiger partial charge in [-0.25, -0.2) is 18.6 Å². The molecular weight excluding hydrogens is 390 g/mol. The molecule has 0 radical (unpaired) electrons. The Morgan fingerprint density at radius 2 is 2.00 bits per heavy atom. The minimum atomic E-state index is -3.92. The number of nitrogens with zero attached hydrogens (tertiary/aromatic N) is 1. The summed E-state index contributed by atoms with van der Waals surface area (Å²) in [4.78, 5) is 24.9. The van der Waals surface area contributed by atoms with Crippen LogP contribution in [0.2, 0.25) is 0 Å². The number of primary sulfonamides is 1. The molecule has 1 spiro atoms. The van der Waals surface area contributed by atoms with Gasteiger partial charge in [-0.15, -0.1) is 11.8 Å². The molecule has 3 N–H and O–H groups in total. The third kappa shape index (κ3) is 3.78. The van der Waals surface area contributed by atoms with Crippen molar-refractivity contribution >= 4 is 33.6 Å². The van der Waals surface area contributed by atoms with Crippen LogP contribution in [0.1, 0.15) is 49.4 Å². The number of nitrogens with one attached hydrogen (secondary N) is 1. The fourth-order valence-corrected chi connectivity index (χ4v) is 5.77. The minimum Gasteiger partial charge on any atom is -0.496 e. The average Bonchev–Trinajstić information content (AvgIpc) is 2.85. The highest BCUT2D eigenvalue weighted by atomic mass is 32.2. The number of nitrogens with two attached hydrogens (primary N) is 1. The molecule has 1 atom stereocenters. The van der Waals surface area contributed by atoms with Crippen LogP contribution in [0.4, 0.5) is 0 Å². The number of rotatable bonds is 4. The zero-order chi connectivity index (χ0) is 19.8. The van der Waals surface area contributed by atoms with E-state index in [4.69, 9.17) is 9.88 Å². The minimum absolute atomic E-state index is 0.0732. The van der Waals surface area contributed by atoms with Gasteiger partial charge in [-0.05, 0) is 31.9 Å². The number of sulfonamides is 1. The van der Waals surface area contributed by atoms with E-state index in [9.17, 15) is 18.0 Å². The van der Waals surface area contributed by atoms with Crippen LogP contribution in [0.25, 0.3) is 0 Å². The molecule has 1 aromatic rings. The number of benzene rings is 1. The molecule has 2 amide bonds. The highest BCUT2D eigenvalue weighted by Gasteiger charge is 2.51. The Morgan fingerprint density at radius 1 is 1.33 bits per heavy atom. The lowest BCUT2D eigenvalue weighted by molar-refractivity contribution is -0.135. The van der Waals surface area contributed by atoms with E-state index in [1.807, 2.05) is 6.92 Å². The molecule has 3 rings (SSSR count). The monoisotopic (exact) mass is 413 g/mol. The predicted molar refractivity (Wildman–Crippen MR) is 102 cm³/mol. The number of hydrogen-bond acceptors (Lipinski definition) is 6. The van der Waals surface area contributed by atoms with E-state index >= 15 is 0 Å². The van der Waals surface area contributed by atoms with Gasteiger partial charge in [0.2, 0.25) is 10.0 Å². The van der Waals surface area contributed by atoms with Crippen LogP contribution in [0, 0.1) is 0 Å². The fourth-order valence-electron chi connectivity index (χ4n) is 3.62. The van der Waals surface area contributed by atoms with Crippen LogP contribution in [0.3, 0.4) is 0 Å². The van der Waals surface area contributed by atoms with Gasteiger partial charge in [0.25, 0.3) is 11.8 Å². The summed E-state index contributed by atoms with van der Waals surface area (Å²) >= 11 is 1.59. The van der Waals surface area contributed by atoms with E-state index in [0.29, 0.717) is 0 Å². The summed E-state index contributed by atoms with van der Waals surface area (Å²) in [6.07, 6.45) is 4.79. The Bertz CT molecular complexity index is 865. The van der Waals surface area contributed by atoms with Crippen molar-refractivity contribution in [1.29, 1.82) is 0 Å². The fraction of sp³-hybridized carbons (Fsp3) is 0.529. The normalized spacial score (nSPS) is 22.1. The van der Waals surface area contributed by atoms with Crippen LogP contribution < -0.4 is 15.3 Å². The zero-order valence-electron chi connectivity index (χ0n) is 15.2. The smallest absolute Gasteiger partial charge is 0.273 e. The maximum absolute atomic E-state index is 12.8. The quantitative estimate of drug-likeness (QED) is 0.774. The molecule has 1 aliphatic heterocycles. The number of amides is 2. The van der Waals surface area contributed by atoms with Gasteiger partial charge < -0.3 is 4.74 Å². The molecule has 10 heteroatoms. The van der Waals surface area contributed by atoms with Crippen molar-refractivity contribution < 1.29 is 22.7 Å². The Balaban J connectivity index is 1.89. The van der Waals surface area contributed by atoms with E-state index in [-0.39, 0.29) is 27.4 Å². The van der Waals surface area contributed by atoms with Crippen molar-refractivity contribution in [2.75, 3.05) is 7.11 Å². The molecule has 2 fully saturated rings. The highest BCUT2D eigenvalue weighted by Crippen LogP contribution is 2.49. The van der Waals surface area contributed by atoms with E-state index in [1.165, 1.54) is 30.3 Å². The third-order valence-corrected chi connectivity index (χ3v) is 7.46. The number of methoxy groups -OCH3 is 1. The molecule has 0 bridgehead atoms. The van der Waals surface area contributed by atoms with Gasteiger partial charge in [0.1, 0.15) is 10.6 Å². The summed E-state index contributed by atoms with van der Waals surface area (Å²) < 4.78 is 28.2. The molecule has 1 heterocycles. The zero-order valence-corrected chi connectivity index (χ0v) is 16.9. The van der Waals surface area contributed by atoms with Gasteiger partial charge in [0.05, 0.1) is 22.8 Å². The van der Waals surface area contributed by atoms with Crippen molar-refractivity contribution in [2.45, 2.75) is 54.0 Å². The first kappa shape index (κ1) is 20.0. The van der Waals surface area contributed by atoms with Crippen molar-refractivity contribution in [3.05, 3.63) is 23.8 Å². The summed E-state index contributed by atoms with van der Waals surface area (Å²) in [5.74, 6) is -0.583. The number of thioether (sulfide) groups is 1. The second-order valence-electron chi connectivity index (χ2n) is 6.79. The van der Waals surface area contributed by atoms with Crippen LogP contribution in [-0.4, -0.2) is 42.5 Å². The molecule has 1 unspecified atom stereocenters. The summed E-state index contributed by atoms with van der Waals surface area (Å²) in [6.45, 7) is 1.84. The topological polar surface area (TPSA) is 119 Å². The molecular formula is C17H23N3O5S2. The lowest BCUT2D eigenvalue weighted by Crippen LogP contribution is -2.55. The SMILES string of the molecule is COc1cc(S(N)(=O)=O)ccc1C(=O)NN1C(=O)C(C)SC12CCCCC2. The van der Waals surface area contributed by atoms with Crippen LogP contribution in [-0.2, 0) is 14.8 Å². The van der Waals surface area contributed by atoms with Crippen LogP contribution in [0.15, 0.2) is 23.1 Å². The first-order valence-electron chi connectivity index (χ1n) is 8.72. The second kappa shape index (κ2) is 7.33. The highest BCUT2D eigenvalue weighted by molar-refractivity contribution is 8.02. The Labute approximate surface area is 162 Å². The van der Waals surface area contributed by atoms with Gasteiger partial charge in [0, 0.05) is 6.07 Å². The lowest BCUT2D eigenvalue weighted by atomic mass is 9.94. The molecule has 8 nitrogen and oxygen atoms in total. The van der Waals surface area contributed by atoms with Crippen LogP contribution >= 0.6 is 11.8 Å². The van der Waals surface area contributed by atoms with Crippen molar-refractivity contribution in [2.24, 2.45) is 5.14 Å². The molecule has 1 saturated heterocycles. The maximum Gasteiger partial charge on any atom is 0.273 e. The molecule has 2 aliphatic rings. The molecule has 1 aromatic carbocycles. The second-order valence-corrected chi connectivity index (χ2v) is 10.1. The molecule has 1 saturated carbocycles. The van der Waals surface area contributed by atoms with Gasteiger partial charge in [-0.3, -0.25) is 15.0 Å². The predicted octanol–water partition coefficient (Wildman–Crippen LogP) is 1.61. The molecule has 0 aromatic heterocycles. The number of carbonyl (C=O) groups excluding carboxylic acids is 2. The summed E-state index contributed by atoms with van der Waals surface area (Å²) in [5.41, 5.74) is 2.86. The molecule has 148 valence electrons. The van der Waals surface area contributed by atoms with Crippen molar-refractivity contribution in [3.8, 4) is 5.75 Å². The van der Waals surface area contributed by atoms with Gasteiger partial charge in [-0.1, -0.05) is 19.3 Å². The third-order valence-electron chi connectivity index (χ3n) is 4.97. The number of hydrogen-bond donors (Lipinski definition) is 2. The van der Waals surface area contributed by atoms with Crippen molar-refractivity contribution in [1.82, 2.24) is 10.4 Å². The van der Waals surface area contributed by atoms with Gasteiger partial charge in [-0.2, -0.15) is 0 Å². The van der Waals surface area contributed by atoms with Gasteiger partial charge >= 0.3 is 0 Å². The first-order chi connectivity index (χ1) is 12.7. The molecule has 27 heavy (non-hydrogen) atoms. The number of ether oxygens (including phenoxy) is 1. The maximum atomic E-state index is 12.8. The first-order valence-corrected chi connectivity index (χ1v) is 11.1. The standard InChI is InChI=1S/C17H23N3O5S2/c1-11-16(22)20(17(26-11)8-4-3-5-9-17)19-15(21)13-7-6-12(27(18,23)24)10-14(13)25-2/h6-7,10-11H,3-5,8-9H2,1-2H3,(H,19,21)(H2,18,23,24). The van der Waals surface area contributed by atoms with E-state index in [1.54, 1.807) is 11.8 Å². The summed E-state index contributed by atoms with van der Waals surface area (Å²) in [6, 6.07) is 3.77. The largest absolute Gasteiger partial charge is 0.496 e. The Morgan fingerprint density at radius 3 is 2.59 bits per heavy atom. The van der Waals surface area contributed by atoms with E-state index < -0.39 is 20.8 Å². The van der Waals surface area contributed by atoms with E-state index in [2.05, 4.69) is 5.43 Å². The van der Waals surface area contributed by atoms with Gasteiger partial charge in [0.15, 0.2) is 0 Å².